The van der Waals surface area contributed by atoms with E-state index >= 15 is 0 Å². The van der Waals surface area contributed by atoms with Gasteiger partial charge in [-0.1, -0.05) is 48.4 Å². The Morgan fingerprint density at radius 3 is 2.40 bits per heavy atom. The van der Waals surface area contributed by atoms with E-state index in [0.717, 1.165) is 19.3 Å². The van der Waals surface area contributed by atoms with Gasteiger partial charge in [0.1, 0.15) is 5.82 Å². The standard InChI is InChI=1S/C17H17ClFN/c18-15-8-7-13(19)11-14(15)16(20)17(9-4-10-17)12-5-2-1-3-6-12/h1-3,5-8,11,16H,4,9-10,20H2. The molecule has 20 heavy (non-hydrogen) atoms. The highest BCUT2D eigenvalue weighted by atomic mass is 35.5. The van der Waals surface area contributed by atoms with Crippen LogP contribution in [0.25, 0.3) is 0 Å². The Bertz CT molecular complexity index is 608. The molecule has 2 aromatic rings. The van der Waals surface area contributed by atoms with Crippen LogP contribution in [0.4, 0.5) is 4.39 Å². The summed E-state index contributed by atoms with van der Waals surface area (Å²) in [6.45, 7) is 0. The van der Waals surface area contributed by atoms with Gasteiger partial charge in [-0.2, -0.15) is 0 Å². The molecule has 0 heterocycles. The van der Waals surface area contributed by atoms with E-state index in [9.17, 15) is 4.39 Å². The fourth-order valence-corrected chi connectivity index (χ4v) is 3.39. The molecule has 104 valence electrons. The van der Waals surface area contributed by atoms with Crippen molar-refractivity contribution < 1.29 is 4.39 Å². The molecule has 0 saturated heterocycles. The summed E-state index contributed by atoms with van der Waals surface area (Å²) in [5, 5.41) is 0.543. The fourth-order valence-electron chi connectivity index (χ4n) is 3.16. The summed E-state index contributed by atoms with van der Waals surface area (Å²) in [7, 11) is 0. The van der Waals surface area contributed by atoms with Gasteiger partial charge < -0.3 is 5.73 Å². The Balaban J connectivity index is 2.03. The van der Waals surface area contributed by atoms with Crippen molar-refractivity contribution in [1.82, 2.24) is 0 Å². The largest absolute Gasteiger partial charge is 0.323 e. The van der Waals surface area contributed by atoms with Crippen LogP contribution < -0.4 is 5.73 Å². The lowest BCUT2D eigenvalue weighted by molar-refractivity contribution is 0.196. The molecule has 1 nitrogen and oxygen atoms in total. The van der Waals surface area contributed by atoms with Gasteiger partial charge in [-0.25, -0.2) is 4.39 Å². The highest BCUT2D eigenvalue weighted by molar-refractivity contribution is 6.31. The van der Waals surface area contributed by atoms with Crippen LogP contribution in [-0.2, 0) is 5.41 Å². The van der Waals surface area contributed by atoms with E-state index in [1.807, 2.05) is 18.2 Å². The molecular weight excluding hydrogens is 273 g/mol. The van der Waals surface area contributed by atoms with Gasteiger partial charge in [-0.15, -0.1) is 0 Å². The topological polar surface area (TPSA) is 26.0 Å². The van der Waals surface area contributed by atoms with Crippen LogP contribution >= 0.6 is 11.6 Å². The smallest absolute Gasteiger partial charge is 0.123 e. The normalized spacial score (nSPS) is 18.4. The summed E-state index contributed by atoms with van der Waals surface area (Å²) in [5.41, 5.74) is 8.30. The molecule has 1 aliphatic carbocycles. The van der Waals surface area contributed by atoms with Gasteiger partial charge in [0.15, 0.2) is 0 Å². The molecule has 1 fully saturated rings. The average molecular weight is 290 g/mol. The van der Waals surface area contributed by atoms with Gasteiger partial charge in [-0.3, -0.25) is 0 Å². The summed E-state index contributed by atoms with van der Waals surface area (Å²) in [6.07, 6.45) is 3.19. The lowest BCUT2D eigenvalue weighted by atomic mass is 9.59. The first-order valence-corrected chi connectivity index (χ1v) is 7.27. The monoisotopic (exact) mass is 289 g/mol. The molecule has 1 unspecified atom stereocenters. The lowest BCUT2D eigenvalue weighted by Gasteiger charge is -2.47. The minimum absolute atomic E-state index is 0.112. The molecule has 1 saturated carbocycles. The third-order valence-corrected chi connectivity index (χ3v) is 4.83. The predicted octanol–water partition coefficient (Wildman–Crippen LogP) is 4.60. The number of halogens is 2. The number of rotatable bonds is 3. The van der Waals surface area contributed by atoms with Crippen LogP contribution in [0, 0.1) is 5.82 Å². The second-order valence-corrected chi connectivity index (χ2v) is 5.93. The highest BCUT2D eigenvalue weighted by Gasteiger charge is 2.44. The third-order valence-electron chi connectivity index (χ3n) is 4.48. The summed E-state index contributed by atoms with van der Waals surface area (Å²) in [5.74, 6) is -0.289. The van der Waals surface area contributed by atoms with Crippen LogP contribution in [0.1, 0.15) is 36.4 Å². The van der Waals surface area contributed by atoms with E-state index in [1.54, 1.807) is 6.07 Å². The number of benzene rings is 2. The maximum absolute atomic E-state index is 13.5. The molecule has 0 radical (unpaired) electrons. The maximum atomic E-state index is 13.5. The van der Waals surface area contributed by atoms with E-state index in [2.05, 4.69) is 12.1 Å². The van der Waals surface area contributed by atoms with Crippen molar-refractivity contribution in [3.63, 3.8) is 0 Å². The molecule has 3 heteroatoms. The van der Waals surface area contributed by atoms with Gasteiger partial charge >= 0.3 is 0 Å². The molecule has 0 amide bonds. The molecule has 0 aromatic heterocycles. The zero-order valence-corrected chi connectivity index (χ0v) is 11.9. The van der Waals surface area contributed by atoms with Crippen molar-refractivity contribution >= 4 is 11.6 Å². The first-order chi connectivity index (χ1) is 9.63. The summed E-state index contributed by atoms with van der Waals surface area (Å²) in [4.78, 5) is 0. The minimum atomic E-state index is -0.289. The Kier molecular flexibility index (Phi) is 3.53. The predicted molar refractivity (Wildman–Crippen MR) is 80.3 cm³/mol. The van der Waals surface area contributed by atoms with E-state index in [-0.39, 0.29) is 17.3 Å². The summed E-state index contributed by atoms with van der Waals surface area (Å²) < 4.78 is 13.5. The van der Waals surface area contributed by atoms with Gasteiger partial charge in [0.05, 0.1) is 0 Å². The van der Waals surface area contributed by atoms with Crippen molar-refractivity contribution in [3.05, 3.63) is 70.5 Å². The first kappa shape index (κ1) is 13.6. The number of nitrogens with two attached hydrogens (primary N) is 1. The molecule has 0 spiro atoms. The van der Waals surface area contributed by atoms with Crippen LogP contribution in [0.15, 0.2) is 48.5 Å². The van der Waals surface area contributed by atoms with Crippen molar-refractivity contribution in [2.45, 2.75) is 30.7 Å². The van der Waals surface area contributed by atoms with E-state index in [1.165, 1.54) is 17.7 Å². The molecule has 1 atom stereocenters. The van der Waals surface area contributed by atoms with Crippen LogP contribution in [0.3, 0.4) is 0 Å². The maximum Gasteiger partial charge on any atom is 0.123 e. The summed E-state index contributed by atoms with van der Waals surface area (Å²) >= 11 is 6.22. The highest BCUT2D eigenvalue weighted by Crippen LogP contribution is 2.51. The van der Waals surface area contributed by atoms with Gasteiger partial charge in [0.25, 0.3) is 0 Å². The summed E-state index contributed by atoms with van der Waals surface area (Å²) in [6, 6.07) is 14.4. The van der Waals surface area contributed by atoms with E-state index in [4.69, 9.17) is 17.3 Å². The minimum Gasteiger partial charge on any atom is -0.323 e. The van der Waals surface area contributed by atoms with Crippen molar-refractivity contribution in [2.75, 3.05) is 0 Å². The van der Waals surface area contributed by atoms with Crippen molar-refractivity contribution in [3.8, 4) is 0 Å². The van der Waals surface area contributed by atoms with Crippen LogP contribution in [-0.4, -0.2) is 0 Å². The SMILES string of the molecule is NC(c1cc(F)ccc1Cl)C1(c2ccccc2)CCC1. The van der Waals surface area contributed by atoms with Crippen molar-refractivity contribution in [2.24, 2.45) is 5.73 Å². The zero-order valence-electron chi connectivity index (χ0n) is 11.2. The first-order valence-electron chi connectivity index (χ1n) is 6.89. The van der Waals surface area contributed by atoms with E-state index < -0.39 is 0 Å². The van der Waals surface area contributed by atoms with Gasteiger partial charge in [0.2, 0.25) is 0 Å². The molecule has 1 aliphatic rings. The average Bonchev–Trinajstić information content (AvgIpc) is 2.41. The Morgan fingerprint density at radius 1 is 1.10 bits per heavy atom. The number of hydrogen-bond donors (Lipinski definition) is 1. The number of hydrogen-bond acceptors (Lipinski definition) is 1. The fraction of sp³-hybridized carbons (Fsp3) is 0.294. The van der Waals surface area contributed by atoms with Crippen molar-refractivity contribution in [1.29, 1.82) is 0 Å². The Morgan fingerprint density at radius 2 is 1.80 bits per heavy atom. The Hall–Kier alpha value is -1.38. The molecular formula is C17H17ClFN. The zero-order chi connectivity index (χ0) is 14.2. The Labute approximate surface area is 123 Å². The quantitative estimate of drug-likeness (QED) is 0.878. The molecule has 0 bridgehead atoms. The third kappa shape index (κ3) is 2.13. The molecule has 2 aromatic carbocycles. The molecule has 0 aliphatic heterocycles. The second kappa shape index (κ2) is 5.19. The van der Waals surface area contributed by atoms with Crippen LogP contribution in [0.5, 0.6) is 0 Å². The van der Waals surface area contributed by atoms with Gasteiger partial charge in [0, 0.05) is 16.5 Å². The van der Waals surface area contributed by atoms with Crippen LogP contribution in [0.2, 0.25) is 5.02 Å². The lowest BCUT2D eigenvalue weighted by Crippen LogP contribution is -2.44. The molecule has 3 rings (SSSR count). The second-order valence-electron chi connectivity index (χ2n) is 5.52. The van der Waals surface area contributed by atoms with E-state index in [0.29, 0.717) is 10.6 Å². The van der Waals surface area contributed by atoms with Gasteiger partial charge in [-0.05, 0) is 42.2 Å². The molecule has 2 N–H and O–H groups in total.